The van der Waals surface area contributed by atoms with Gasteiger partial charge in [0.25, 0.3) is 0 Å². The van der Waals surface area contributed by atoms with Crippen LogP contribution in [0.2, 0.25) is 0 Å². The highest BCUT2D eigenvalue weighted by molar-refractivity contribution is 9.18. The second-order valence-electron chi connectivity index (χ2n) is 4.24. The molecule has 2 aromatic carbocycles. The second-order valence-corrected chi connectivity index (χ2v) is 5.05. The highest BCUT2D eigenvalue weighted by Crippen LogP contribution is 2.41. The summed E-state index contributed by atoms with van der Waals surface area (Å²) in [6, 6.07) is 20.5. The molecule has 0 saturated heterocycles. The van der Waals surface area contributed by atoms with Crippen LogP contribution in [-0.4, -0.2) is 4.62 Å². The Morgan fingerprint density at radius 3 is 2.00 bits per heavy atom. The maximum absolute atomic E-state index is 5.56. The number of halogens is 1. The third kappa shape index (κ3) is 2.06. The monoisotopic (exact) mass is 301 g/mol. The molecule has 1 heterocycles. The van der Waals surface area contributed by atoms with Crippen molar-refractivity contribution < 1.29 is 4.84 Å². The molecule has 3 rings (SSSR count). The zero-order valence-corrected chi connectivity index (χ0v) is 11.2. The molecule has 2 nitrogen and oxygen atoms in total. The van der Waals surface area contributed by atoms with Gasteiger partial charge < -0.3 is 4.84 Å². The number of oxime groups is 1. The van der Waals surface area contributed by atoms with E-state index in [1.54, 1.807) is 0 Å². The van der Waals surface area contributed by atoms with Gasteiger partial charge in [0.1, 0.15) is 4.62 Å². The molecule has 0 saturated carbocycles. The maximum atomic E-state index is 5.56. The highest BCUT2D eigenvalue weighted by Gasteiger charge is 2.35. The first kappa shape index (κ1) is 11.5. The van der Waals surface area contributed by atoms with Crippen LogP contribution in [0.5, 0.6) is 0 Å². The van der Waals surface area contributed by atoms with E-state index in [-0.39, 0.29) is 12.0 Å². The Bertz CT molecular complexity index is 553. The number of nitrogens with zero attached hydrogens (tertiary/aromatic N) is 1. The second kappa shape index (κ2) is 4.94. The van der Waals surface area contributed by atoms with Crippen molar-refractivity contribution in [1.82, 2.24) is 0 Å². The van der Waals surface area contributed by atoms with Crippen molar-refractivity contribution in [2.45, 2.75) is 12.0 Å². The largest absolute Gasteiger partial charge is 0.386 e. The van der Waals surface area contributed by atoms with Gasteiger partial charge >= 0.3 is 0 Å². The van der Waals surface area contributed by atoms with Gasteiger partial charge in [-0.05, 0) is 27.1 Å². The average molecular weight is 302 g/mol. The van der Waals surface area contributed by atoms with E-state index < -0.39 is 0 Å². The summed E-state index contributed by atoms with van der Waals surface area (Å²) in [6.07, 6.45) is -0.0528. The van der Waals surface area contributed by atoms with E-state index >= 15 is 0 Å². The predicted molar refractivity (Wildman–Crippen MR) is 75.8 cm³/mol. The van der Waals surface area contributed by atoms with Crippen molar-refractivity contribution in [1.29, 1.82) is 0 Å². The van der Waals surface area contributed by atoms with Crippen molar-refractivity contribution in [3.05, 3.63) is 71.8 Å². The molecular formula is C15H12BrNO. The number of rotatable bonds is 2. The molecule has 2 atom stereocenters. The van der Waals surface area contributed by atoms with Crippen LogP contribution in [-0.2, 0) is 4.84 Å². The third-order valence-electron chi connectivity index (χ3n) is 3.10. The summed E-state index contributed by atoms with van der Waals surface area (Å²) in [5.74, 6) is 0.133. The molecule has 3 heteroatoms. The Balaban J connectivity index is 1.98. The lowest BCUT2D eigenvalue weighted by atomic mass is 9.90. The first-order valence-corrected chi connectivity index (χ1v) is 6.64. The summed E-state index contributed by atoms with van der Waals surface area (Å²) in [5, 5.41) is 4.09. The van der Waals surface area contributed by atoms with Crippen LogP contribution >= 0.6 is 15.9 Å². The smallest absolute Gasteiger partial charge is 0.165 e. The van der Waals surface area contributed by atoms with Gasteiger partial charge in [-0.2, -0.15) is 0 Å². The molecule has 0 amide bonds. The molecule has 0 unspecified atom stereocenters. The fraction of sp³-hybridized carbons (Fsp3) is 0.133. The van der Waals surface area contributed by atoms with Crippen molar-refractivity contribution in [2.24, 2.45) is 5.16 Å². The number of hydrogen-bond donors (Lipinski definition) is 0. The van der Waals surface area contributed by atoms with Gasteiger partial charge in [0, 0.05) is 0 Å². The van der Waals surface area contributed by atoms with Crippen LogP contribution in [0.4, 0.5) is 0 Å². The van der Waals surface area contributed by atoms with Crippen molar-refractivity contribution in [3.8, 4) is 0 Å². The summed E-state index contributed by atoms with van der Waals surface area (Å²) in [6.45, 7) is 0. The van der Waals surface area contributed by atoms with Gasteiger partial charge in [0.15, 0.2) is 6.10 Å². The minimum Gasteiger partial charge on any atom is -0.386 e. The zero-order chi connectivity index (χ0) is 12.4. The minimum absolute atomic E-state index is 0.0528. The third-order valence-corrected chi connectivity index (χ3v) is 3.74. The summed E-state index contributed by atoms with van der Waals surface area (Å²) >= 11 is 3.50. The molecule has 1 aliphatic rings. The topological polar surface area (TPSA) is 21.6 Å². The molecular weight excluding hydrogens is 290 g/mol. The van der Waals surface area contributed by atoms with E-state index in [2.05, 4.69) is 45.4 Å². The average Bonchev–Trinajstić information content (AvgIpc) is 2.83. The predicted octanol–water partition coefficient (Wildman–Crippen LogP) is 4.25. The van der Waals surface area contributed by atoms with Gasteiger partial charge in [0.05, 0.1) is 5.92 Å². The molecule has 0 aromatic heterocycles. The van der Waals surface area contributed by atoms with Gasteiger partial charge in [-0.15, -0.1) is 0 Å². The number of benzene rings is 2. The minimum atomic E-state index is -0.0528. The molecule has 0 radical (unpaired) electrons. The Morgan fingerprint density at radius 2 is 1.39 bits per heavy atom. The van der Waals surface area contributed by atoms with E-state index in [1.165, 1.54) is 5.56 Å². The van der Waals surface area contributed by atoms with Gasteiger partial charge in [0.2, 0.25) is 0 Å². The quantitative estimate of drug-likeness (QED) is 0.812. The Labute approximate surface area is 114 Å². The standard InChI is InChI=1S/C15H12BrNO/c16-15-13(11-7-3-1-4-8-11)14(18-17-15)12-9-5-2-6-10-12/h1-10,13-14H/t13-,14-/m1/s1. The van der Waals surface area contributed by atoms with Crippen molar-refractivity contribution >= 4 is 20.6 Å². The fourth-order valence-electron chi connectivity index (χ4n) is 2.22. The molecule has 1 aliphatic heterocycles. The van der Waals surface area contributed by atoms with Crippen LogP contribution < -0.4 is 0 Å². The van der Waals surface area contributed by atoms with Crippen molar-refractivity contribution in [3.63, 3.8) is 0 Å². The van der Waals surface area contributed by atoms with Crippen LogP contribution in [0.25, 0.3) is 0 Å². The summed E-state index contributed by atoms with van der Waals surface area (Å²) in [7, 11) is 0. The lowest BCUT2D eigenvalue weighted by Gasteiger charge is -2.17. The molecule has 0 bridgehead atoms. The van der Waals surface area contributed by atoms with Gasteiger partial charge in [-0.25, -0.2) is 0 Å². The lowest BCUT2D eigenvalue weighted by Crippen LogP contribution is -2.11. The van der Waals surface area contributed by atoms with Crippen LogP contribution in [0.1, 0.15) is 23.1 Å². The number of hydrogen-bond acceptors (Lipinski definition) is 2. The highest BCUT2D eigenvalue weighted by atomic mass is 79.9. The molecule has 0 N–H and O–H groups in total. The van der Waals surface area contributed by atoms with Gasteiger partial charge in [-0.3, -0.25) is 0 Å². The van der Waals surface area contributed by atoms with E-state index in [0.29, 0.717) is 0 Å². The summed E-state index contributed by atoms with van der Waals surface area (Å²) in [4.78, 5) is 5.56. The summed E-state index contributed by atoms with van der Waals surface area (Å²) in [5.41, 5.74) is 2.35. The van der Waals surface area contributed by atoms with Crippen LogP contribution in [0, 0.1) is 0 Å². The maximum Gasteiger partial charge on any atom is 0.165 e. The normalized spacial score (nSPS) is 22.4. The first-order chi connectivity index (χ1) is 8.86. The molecule has 0 spiro atoms. The molecule has 18 heavy (non-hydrogen) atoms. The SMILES string of the molecule is BrC1=NO[C@H](c2ccccc2)[C@H]1c1ccccc1. The molecule has 2 aromatic rings. The summed E-state index contributed by atoms with van der Waals surface area (Å²) < 4.78 is 0.850. The Morgan fingerprint density at radius 1 is 0.833 bits per heavy atom. The van der Waals surface area contributed by atoms with E-state index in [4.69, 9.17) is 4.84 Å². The lowest BCUT2D eigenvalue weighted by molar-refractivity contribution is 0.0763. The van der Waals surface area contributed by atoms with Crippen molar-refractivity contribution in [2.75, 3.05) is 0 Å². The fourth-order valence-corrected chi connectivity index (χ4v) is 2.81. The molecule has 90 valence electrons. The first-order valence-electron chi connectivity index (χ1n) is 5.85. The zero-order valence-electron chi connectivity index (χ0n) is 9.66. The Kier molecular flexibility index (Phi) is 3.15. The molecule has 0 aliphatic carbocycles. The molecule has 0 fully saturated rings. The van der Waals surface area contributed by atoms with E-state index in [0.717, 1.165) is 10.2 Å². The van der Waals surface area contributed by atoms with E-state index in [9.17, 15) is 0 Å². The Hall–Kier alpha value is -1.61. The van der Waals surface area contributed by atoms with E-state index in [1.807, 2.05) is 36.4 Å². The van der Waals surface area contributed by atoms with Crippen LogP contribution in [0.3, 0.4) is 0 Å². The van der Waals surface area contributed by atoms with Crippen LogP contribution in [0.15, 0.2) is 65.8 Å². The van der Waals surface area contributed by atoms with Gasteiger partial charge in [-0.1, -0.05) is 65.8 Å².